The molecule has 1 rings (SSSR count). The largest absolute Gasteiger partial charge is 0.396 e. The van der Waals surface area contributed by atoms with Gasteiger partial charge in [-0.1, -0.05) is 0 Å². The number of hydrogen-bond donors (Lipinski definition) is 2. The summed E-state index contributed by atoms with van der Waals surface area (Å²) in [5, 5.41) is 19.3. The number of aliphatic hydroxyl groups is 1. The lowest BCUT2D eigenvalue weighted by molar-refractivity contribution is -0.385. The number of nitrogens with zero attached hydrogens (tertiary/aromatic N) is 1. The van der Waals surface area contributed by atoms with E-state index in [1.54, 1.807) is 0 Å². The maximum atomic E-state index is 13.7. The number of non-ortho nitro benzene ring substituents is 1. The van der Waals surface area contributed by atoms with Gasteiger partial charge in [0.05, 0.1) is 11.0 Å². The second-order valence-corrected chi connectivity index (χ2v) is 6.49. The molecule has 112 valence electrons. The summed E-state index contributed by atoms with van der Waals surface area (Å²) in [4.78, 5) is 8.99. The number of aliphatic hydroxyl groups excluding tert-OH is 1. The first-order valence-corrected chi connectivity index (χ1v) is 7.16. The van der Waals surface area contributed by atoms with Gasteiger partial charge in [0.1, 0.15) is 10.7 Å². The van der Waals surface area contributed by atoms with Gasteiger partial charge in [-0.25, -0.2) is 17.5 Å². The Bertz CT molecular complexity index is 615. The minimum Gasteiger partial charge on any atom is -0.396 e. The Morgan fingerprint density at radius 3 is 2.50 bits per heavy atom. The van der Waals surface area contributed by atoms with Gasteiger partial charge in [0.25, 0.3) is 5.69 Å². The summed E-state index contributed by atoms with van der Waals surface area (Å²) in [7, 11) is -4.17. The van der Waals surface area contributed by atoms with E-state index in [1.807, 2.05) is 0 Å². The number of halogens is 1. The highest BCUT2D eigenvalue weighted by molar-refractivity contribution is 7.89. The Morgan fingerprint density at radius 2 is 2.05 bits per heavy atom. The molecule has 0 bridgehead atoms. The lowest BCUT2D eigenvalue weighted by Crippen LogP contribution is -2.44. The fraction of sp³-hybridized carbons (Fsp3) is 0.455. The van der Waals surface area contributed by atoms with Crippen LogP contribution in [-0.2, 0) is 10.0 Å². The van der Waals surface area contributed by atoms with E-state index in [9.17, 15) is 22.9 Å². The molecule has 0 aliphatic heterocycles. The van der Waals surface area contributed by atoms with Crippen molar-refractivity contribution in [3.63, 3.8) is 0 Å². The molecule has 0 spiro atoms. The molecule has 0 aliphatic carbocycles. The van der Waals surface area contributed by atoms with Crippen molar-refractivity contribution in [3.8, 4) is 0 Å². The molecule has 0 saturated heterocycles. The van der Waals surface area contributed by atoms with Crippen molar-refractivity contribution in [2.24, 2.45) is 0 Å². The molecule has 0 heterocycles. The van der Waals surface area contributed by atoms with Crippen molar-refractivity contribution in [2.45, 2.75) is 30.7 Å². The summed E-state index contributed by atoms with van der Waals surface area (Å²) >= 11 is 0. The van der Waals surface area contributed by atoms with E-state index < -0.39 is 36.9 Å². The predicted octanol–water partition coefficient (Wildman–Crippen LogP) is 1.17. The molecule has 0 aliphatic rings. The third-order valence-electron chi connectivity index (χ3n) is 2.56. The first-order valence-electron chi connectivity index (χ1n) is 5.68. The van der Waals surface area contributed by atoms with E-state index in [0.717, 1.165) is 12.1 Å². The van der Waals surface area contributed by atoms with Gasteiger partial charge in [0.15, 0.2) is 0 Å². The van der Waals surface area contributed by atoms with Gasteiger partial charge < -0.3 is 5.11 Å². The second kappa shape index (κ2) is 5.81. The van der Waals surface area contributed by atoms with Crippen molar-refractivity contribution < 1.29 is 22.8 Å². The number of nitrogens with one attached hydrogen (secondary N) is 1. The minimum atomic E-state index is -4.17. The minimum absolute atomic E-state index is 0.140. The smallest absolute Gasteiger partial charge is 0.272 e. The van der Waals surface area contributed by atoms with Gasteiger partial charge in [0.2, 0.25) is 10.0 Å². The molecule has 0 radical (unpaired) electrons. The van der Waals surface area contributed by atoms with Gasteiger partial charge in [-0.2, -0.15) is 0 Å². The van der Waals surface area contributed by atoms with Crippen molar-refractivity contribution in [1.29, 1.82) is 0 Å². The average Bonchev–Trinajstić information content (AvgIpc) is 2.26. The molecule has 7 nitrogen and oxygen atoms in total. The lowest BCUT2D eigenvalue weighted by Gasteiger charge is -2.25. The maximum absolute atomic E-state index is 13.7. The molecule has 0 amide bonds. The number of nitro groups is 1. The van der Waals surface area contributed by atoms with E-state index in [1.165, 1.54) is 13.8 Å². The van der Waals surface area contributed by atoms with Crippen LogP contribution in [0.5, 0.6) is 0 Å². The standard InChI is InChI=1S/C11H15FN2O5S/c1-11(2,5-6-15)13-20(18,19)10-4-3-8(14(16)17)7-9(10)12/h3-4,7,13,15H,5-6H2,1-2H3. The number of sulfonamides is 1. The second-order valence-electron chi connectivity index (χ2n) is 4.83. The van der Waals surface area contributed by atoms with Gasteiger partial charge in [-0.15, -0.1) is 0 Å². The van der Waals surface area contributed by atoms with Crippen molar-refractivity contribution in [1.82, 2.24) is 4.72 Å². The van der Waals surface area contributed by atoms with E-state index in [-0.39, 0.29) is 13.0 Å². The van der Waals surface area contributed by atoms with Crippen LogP contribution in [-0.4, -0.2) is 30.6 Å². The predicted molar refractivity (Wildman–Crippen MR) is 69.2 cm³/mol. The van der Waals surface area contributed by atoms with Crippen LogP contribution < -0.4 is 4.72 Å². The zero-order valence-corrected chi connectivity index (χ0v) is 11.8. The third kappa shape index (κ3) is 3.95. The molecule has 0 fully saturated rings. The highest BCUT2D eigenvalue weighted by Crippen LogP contribution is 2.22. The summed E-state index contributed by atoms with van der Waals surface area (Å²) < 4.78 is 40.0. The van der Waals surface area contributed by atoms with Crippen LogP contribution >= 0.6 is 0 Å². The zero-order chi connectivity index (χ0) is 15.6. The van der Waals surface area contributed by atoms with Gasteiger partial charge >= 0.3 is 0 Å². The molecule has 1 aromatic carbocycles. The van der Waals surface area contributed by atoms with Crippen LogP contribution in [0.3, 0.4) is 0 Å². The normalized spacial score (nSPS) is 12.4. The Kier molecular flexibility index (Phi) is 4.79. The zero-order valence-electron chi connectivity index (χ0n) is 11.0. The first kappa shape index (κ1) is 16.5. The lowest BCUT2D eigenvalue weighted by atomic mass is 10.0. The number of hydrogen-bond acceptors (Lipinski definition) is 5. The summed E-state index contributed by atoms with van der Waals surface area (Å²) in [5.74, 6) is -1.20. The molecule has 1 aromatic rings. The van der Waals surface area contributed by atoms with E-state index in [0.29, 0.717) is 6.07 Å². The highest BCUT2D eigenvalue weighted by Gasteiger charge is 2.28. The van der Waals surface area contributed by atoms with E-state index in [4.69, 9.17) is 5.11 Å². The number of nitro benzene ring substituents is 1. The Morgan fingerprint density at radius 1 is 1.45 bits per heavy atom. The summed E-state index contributed by atoms with van der Waals surface area (Å²) in [6.45, 7) is 2.83. The Labute approximate surface area is 115 Å². The van der Waals surface area contributed by atoms with Crippen LogP contribution in [0.25, 0.3) is 0 Å². The SMILES string of the molecule is CC(C)(CCO)NS(=O)(=O)c1ccc([N+](=O)[O-])cc1F. The van der Waals surface area contributed by atoms with Gasteiger partial charge in [-0.05, 0) is 26.3 Å². The van der Waals surface area contributed by atoms with Gasteiger partial charge in [-0.3, -0.25) is 10.1 Å². The third-order valence-corrected chi connectivity index (χ3v) is 4.29. The maximum Gasteiger partial charge on any atom is 0.272 e. The van der Waals surface area contributed by atoms with E-state index in [2.05, 4.69) is 4.72 Å². The molecular formula is C11H15FN2O5S. The van der Waals surface area contributed by atoms with Gasteiger partial charge in [0, 0.05) is 18.2 Å². The Hall–Kier alpha value is -1.58. The van der Waals surface area contributed by atoms with Crippen LogP contribution in [0.4, 0.5) is 10.1 Å². The fourth-order valence-corrected chi connectivity index (χ4v) is 3.07. The molecule has 2 N–H and O–H groups in total. The van der Waals surface area contributed by atoms with Crippen LogP contribution in [0.15, 0.2) is 23.1 Å². The topological polar surface area (TPSA) is 110 Å². The highest BCUT2D eigenvalue weighted by atomic mass is 32.2. The molecule has 0 aromatic heterocycles. The van der Waals surface area contributed by atoms with Crippen LogP contribution in [0.1, 0.15) is 20.3 Å². The summed E-state index contributed by atoms with van der Waals surface area (Å²) in [5.41, 5.74) is -1.50. The number of rotatable bonds is 6. The summed E-state index contributed by atoms with van der Waals surface area (Å²) in [6, 6.07) is 2.30. The van der Waals surface area contributed by atoms with E-state index >= 15 is 0 Å². The van der Waals surface area contributed by atoms with Crippen molar-refractivity contribution >= 4 is 15.7 Å². The number of benzene rings is 1. The molecular weight excluding hydrogens is 291 g/mol. The molecule has 0 unspecified atom stereocenters. The average molecular weight is 306 g/mol. The monoisotopic (exact) mass is 306 g/mol. The molecule has 0 saturated carbocycles. The first-order chi connectivity index (χ1) is 9.09. The quantitative estimate of drug-likeness (QED) is 0.605. The molecule has 9 heteroatoms. The van der Waals surface area contributed by atoms with Crippen LogP contribution in [0.2, 0.25) is 0 Å². The Balaban J connectivity index is 3.14. The molecule has 0 atom stereocenters. The van der Waals surface area contributed by atoms with Crippen molar-refractivity contribution in [2.75, 3.05) is 6.61 Å². The summed E-state index contributed by atoms with van der Waals surface area (Å²) in [6.07, 6.45) is 0.140. The molecule has 20 heavy (non-hydrogen) atoms. The van der Waals surface area contributed by atoms with Crippen LogP contribution in [0, 0.1) is 15.9 Å². The van der Waals surface area contributed by atoms with Crippen molar-refractivity contribution in [3.05, 3.63) is 34.1 Å². The fourth-order valence-electron chi connectivity index (χ4n) is 1.57.